The summed E-state index contributed by atoms with van der Waals surface area (Å²) < 4.78 is 5.51. The summed E-state index contributed by atoms with van der Waals surface area (Å²) >= 11 is 0. The number of nitrogens with zero attached hydrogens (tertiary/aromatic N) is 2. The van der Waals surface area contributed by atoms with Crippen LogP contribution in [0.25, 0.3) is 0 Å². The molecule has 2 aromatic rings. The molecule has 0 spiro atoms. The second-order valence-corrected chi connectivity index (χ2v) is 7.28. The van der Waals surface area contributed by atoms with Gasteiger partial charge >= 0.3 is 0 Å². The van der Waals surface area contributed by atoms with Crippen molar-refractivity contribution >= 4 is 17.4 Å². The summed E-state index contributed by atoms with van der Waals surface area (Å²) in [5.74, 6) is 0.649. The van der Waals surface area contributed by atoms with Crippen LogP contribution in [0, 0.1) is 11.3 Å². The van der Waals surface area contributed by atoms with Gasteiger partial charge in [0.1, 0.15) is 5.75 Å². The molecule has 1 aliphatic carbocycles. The monoisotopic (exact) mass is 386 g/mol. The molecule has 5 heteroatoms. The van der Waals surface area contributed by atoms with Crippen LogP contribution in [0.5, 0.6) is 5.75 Å². The number of carbonyl (C=O) groups is 2. The van der Waals surface area contributed by atoms with E-state index in [4.69, 9.17) is 10.00 Å². The standard InChI is InChI=1S/C24H22N2O3/c1-2-29-19-12-8-17(9-13-19)20-14-23(28)26(18-10-6-16(15-25)7-11-18)21-4-3-5-22(27)24(20)21/h6-13,20H,2-5,14H2,1H3. The van der Waals surface area contributed by atoms with Gasteiger partial charge in [0.05, 0.1) is 18.2 Å². The van der Waals surface area contributed by atoms with Gasteiger partial charge in [0.15, 0.2) is 5.78 Å². The molecule has 2 aromatic carbocycles. The molecule has 0 saturated carbocycles. The lowest BCUT2D eigenvalue weighted by molar-refractivity contribution is -0.119. The molecule has 1 amide bonds. The molecule has 4 rings (SSSR count). The topological polar surface area (TPSA) is 70.4 Å². The first kappa shape index (κ1) is 18.9. The Morgan fingerprint density at radius 2 is 1.79 bits per heavy atom. The maximum atomic E-state index is 13.2. The van der Waals surface area contributed by atoms with Crippen molar-refractivity contribution in [2.45, 2.75) is 38.5 Å². The molecular formula is C24H22N2O3. The van der Waals surface area contributed by atoms with Gasteiger partial charge in [0.2, 0.25) is 5.91 Å². The molecule has 2 aliphatic rings. The summed E-state index contributed by atoms with van der Waals surface area (Å²) in [7, 11) is 0. The molecule has 1 unspecified atom stereocenters. The highest BCUT2D eigenvalue weighted by Crippen LogP contribution is 2.43. The highest BCUT2D eigenvalue weighted by atomic mass is 16.5. The fourth-order valence-electron chi connectivity index (χ4n) is 4.23. The number of amides is 1. The van der Waals surface area contributed by atoms with Gasteiger partial charge < -0.3 is 4.74 Å². The normalized spacial score (nSPS) is 19.0. The second-order valence-electron chi connectivity index (χ2n) is 7.28. The molecule has 0 saturated heterocycles. The fourth-order valence-corrected chi connectivity index (χ4v) is 4.23. The number of Topliss-reactive ketones (excluding diaryl/α,β-unsaturated/α-hetero) is 1. The van der Waals surface area contributed by atoms with E-state index in [2.05, 4.69) is 6.07 Å². The largest absolute Gasteiger partial charge is 0.494 e. The van der Waals surface area contributed by atoms with Crippen LogP contribution in [0.3, 0.4) is 0 Å². The zero-order chi connectivity index (χ0) is 20.4. The average molecular weight is 386 g/mol. The number of anilines is 1. The summed E-state index contributed by atoms with van der Waals surface area (Å²) in [6.07, 6.45) is 2.20. The Morgan fingerprint density at radius 3 is 2.45 bits per heavy atom. The number of carbonyl (C=O) groups excluding carboxylic acids is 2. The SMILES string of the molecule is CCOc1ccc(C2CC(=O)N(c3ccc(C#N)cc3)C3=C2C(=O)CCC3)cc1. The van der Waals surface area contributed by atoms with Crippen molar-refractivity contribution in [2.24, 2.45) is 0 Å². The van der Waals surface area contributed by atoms with Crippen molar-refractivity contribution in [1.82, 2.24) is 0 Å². The number of ether oxygens (including phenoxy) is 1. The lowest BCUT2D eigenvalue weighted by Gasteiger charge is -2.38. The van der Waals surface area contributed by atoms with Gasteiger partial charge in [-0.15, -0.1) is 0 Å². The third kappa shape index (κ3) is 3.54. The number of rotatable bonds is 4. The van der Waals surface area contributed by atoms with Crippen LogP contribution in [0.1, 0.15) is 49.7 Å². The van der Waals surface area contributed by atoms with Gasteiger partial charge in [-0.3, -0.25) is 14.5 Å². The fraction of sp³-hybridized carbons (Fsp3) is 0.292. The third-order valence-electron chi connectivity index (χ3n) is 5.52. The van der Waals surface area contributed by atoms with Gasteiger partial charge in [0.25, 0.3) is 0 Å². The van der Waals surface area contributed by atoms with E-state index in [1.807, 2.05) is 31.2 Å². The summed E-state index contributed by atoms with van der Waals surface area (Å²) in [5.41, 5.74) is 3.77. The van der Waals surface area contributed by atoms with E-state index in [0.717, 1.165) is 29.0 Å². The van der Waals surface area contributed by atoms with Crippen LogP contribution in [0.4, 0.5) is 5.69 Å². The van der Waals surface area contributed by atoms with Crippen LogP contribution >= 0.6 is 0 Å². The van der Waals surface area contributed by atoms with Gasteiger partial charge in [-0.25, -0.2) is 0 Å². The number of hydrogen-bond acceptors (Lipinski definition) is 4. The molecule has 29 heavy (non-hydrogen) atoms. The molecule has 0 N–H and O–H groups in total. The van der Waals surface area contributed by atoms with E-state index < -0.39 is 0 Å². The Bertz CT molecular complexity index is 1010. The van der Waals surface area contributed by atoms with Crippen molar-refractivity contribution in [3.63, 3.8) is 0 Å². The van der Waals surface area contributed by atoms with Crippen molar-refractivity contribution in [1.29, 1.82) is 5.26 Å². The molecule has 146 valence electrons. The Morgan fingerprint density at radius 1 is 1.07 bits per heavy atom. The van der Waals surface area contributed by atoms with E-state index in [-0.39, 0.29) is 24.0 Å². The summed E-state index contributed by atoms with van der Waals surface area (Å²) in [6, 6.07) is 16.7. The van der Waals surface area contributed by atoms with E-state index >= 15 is 0 Å². The summed E-state index contributed by atoms with van der Waals surface area (Å²) in [4.78, 5) is 27.7. The van der Waals surface area contributed by atoms with Crippen molar-refractivity contribution in [2.75, 3.05) is 11.5 Å². The smallest absolute Gasteiger partial charge is 0.232 e. The van der Waals surface area contributed by atoms with Crippen LogP contribution in [0.2, 0.25) is 0 Å². The van der Waals surface area contributed by atoms with Crippen LogP contribution in [-0.2, 0) is 9.59 Å². The number of hydrogen-bond donors (Lipinski definition) is 0. The van der Waals surface area contributed by atoms with E-state index in [9.17, 15) is 9.59 Å². The Balaban J connectivity index is 1.76. The summed E-state index contributed by atoms with van der Waals surface area (Å²) in [6.45, 7) is 2.53. The first-order chi connectivity index (χ1) is 14.1. The Hall–Kier alpha value is -3.39. The highest BCUT2D eigenvalue weighted by molar-refractivity contribution is 6.07. The van der Waals surface area contributed by atoms with Crippen molar-refractivity contribution in [3.8, 4) is 11.8 Å². The Kier molecular flexibility index (Phi) is 5.18. The number of ketones is 1. The van der Waals surface area contributed by atoms with Gasteiger partial charge in [0, 0.05) is 35.7 Å². The minimum absolute atomic E-state index is 0.0259. The molecular weight excluding hydrogens is 364 g/mol. The highest BCUT2D eigenvalue weighted by Gasteiger charge is 2.39. The molecule has 0 radical (unpaired) electrons. The average Bonchev–Trinajstić information content (AvgIpc) is 2.74. The lowest BCUT2D eigenvalue weighted by Crippen LogP contribution is -2.40. The molecule has 0 bridgehead atoms. The maximum Gasteiger partial charge on any atom is 0.232 e. The second kappa shape index (κ2) is 7.92. The minimum Gasteiger partial charge on any atom is -0.494 e. The molecule has 0 aromatic heterocycles. The predicted octanol–water partition coefficient (Wildman–Crippen LogP) is 4.48. The van der Waals surface area contributed by atoms with Crippen molar-refractivity contribution < 1.29 is 14.3 Å². The van der Waals surface area contributed by atoms with Gasteiger partial charge in [-0.2, -0.15) is 5.26 Å². The summed E-state index contributed by atoms with van der Waals surface area (Å²) in [5, 5.41) is 9.03. The van der Waals surface area contributed by atoms with Gasteiger partial charge in [-0.1, -0.05) is 12.1 Å². The quantitative estimate of drug-likeness (QED) is 0.776. The molecule has 5 nitrogen and oxygen atoms in total. The zero-order valence-corrected chi connectivity index (χ0v) is 16.4. The first-order valence-electron chi connectivity index (χ1n) is 9.94. The Labute approximate surface area is 170 Å². The lowest BCUT2D eigenvalue weighted by atomic mass is 9.77. The van der Waals surface area contributed by atoms with Gasteiger partial charge in [-0.05, 0) is 61.7 Å². The van der Waals surface area contributed by atoms with Crippen LogP contribution in [0.15, 0.2) is 59.8 Å². The number of benzene rings is 2. The molecule has 1 atom stereocenters. The maximum absolute atomic E-state index is 13.2. The van der Waals surface area contributed by atoms with Crippen molar-refractivity contribution in [3.05, 3.63) is 70.9 Å². The third-order valence-corrected chi connectivity index (χ3v) is 5.52. The van der Waals surface area contributed by atoms with E-state index in [1.165, 1.54) is 0 Å². The number of allylic oxidation sites excluding steroid dienone is 2. The van der Waals surface area contributed by atoms with E-state index in [0.29, 0.717) is 30.7 Å². The molecule has 0 fully saturated rings. The zero-order valence-electron chi connectivity index (χ0n) is 16.4. The first-order valence-corrected chi connectivity index (χ1v) is 9.94. The minimum atomic E-state index is -0.226. The van der Waals surface area contributed by atoms with Crippen LogP contribution < -0.4 is 9.64 Å². The number of nitriles is 1. The predicted molar refractivity (Wildman–Crippen MR) is 109 cm³/mol. The van der Waals surface area contributed by atoms with Crippen LogP contribution in [-0.4, -0.2) is 18.3 Å². The molecule has 1 aliphatic heterocycles. The molecule has 1 heterocycles. The van der Waals surface area contributed by atoms with E-state index in [1.54, 1.807) is 29.2 Å².